The van der Waals surface area contributed by atoms with Gasteiger partial charge in [0.15, 0.2) is 0 Å². The Labute approximate surface area is 163 Å². The first-order chi connectivity index (χ1) is 13.7. The van der Waals surface area contributed by atoms with E-state index in [0.717, 1.165) is 6.07 Å². The molecule has 1 aromatic heterocycles. The molecule has 1 aliphatic heterocycles. The first-order valence-corrected chi connectivity index (χ1v) is 9.64. The molecule has 1 aliphatic carbocycles. The topological polar surface area (TPSA) is 104 Å². The monoisotopic (exact) mass is 412 g/mol. The summed E-state index contributed by atoms with van der Waals surface area (Å²) in [7, 11) is 0. The van der Waals surface area contributed by atoms with Crippen molar-refractivity contribution in [1.82, 2.24) is 9.55 Å². The maximum Gasteiger partial charge on any atom is 0.336 e. The summed E-state index contributed by atoms with van der Waals surface area (Å²) in [6.45, 7) is 2.00. The summed E-state index contributed by atoms with van der Waals surface area (Å²) in [5, 5.41) is 8.98. The second-order valence-electron chi connectivity index (χ2n) is 8.03. The fraction of sp³-hybridized carbons (Fsp3) is 0.579. The van der Waals surface area contributed by atoms with Gasteiger partial charge in [-0.3, -0.25) is 9.78 Å². The maximum absolute atomic E-state index is 15.0. The normalized spacial score (nSPS) is 21.2. The van der Waals surface area contributed by atoms with Crippen molar-refractivity contribution in [1.29, 1.82) is 0 Å². The van der Waals surface area contributed by atoms with Crippen molar-refractivity contribution in [3.8, 4) is 0 Å². The van der Waals surface area contributed by atoms with Crippen LogP contribution >= 0.6 is 0 Å². The Morgan fingerprint density at radius 1 is 1.34 bits per heavy atom. The van der Waals surface area contributed by atoms with Crippen LogP contribution < -0.4 is 21.9 Å². The lowest BCUT2D eigenvalue weighted by atomic mass is 10.0. The van der Waals surface area contributed by atoms with Gasteiger partial charge in [0, 0.05) is 30.6 Å². The Kier molecular flexibility index (Phi) is 4.73. The van der Waals surface area contributed by atoms with E-state index in [9.17, 15) is 27.9 Å². The van der Waals surface area contributed by atoms with Crippen molar-refractivity contribution >= 4 is 16.6 Å². The van der Waals surface area contributed by atoms with E-state index in [0.29, 0.717) is 24.1 Å². The Hall–Kier alpha value is -2.33. The maximum atomic E-state index is 15.0. The molecule has 2 fully saturated rings. The molecule has 4 rings (SSSR count). The van der Waals surface area contributed by atoms with Crippen molar-refractivity contribution in [2.24, 2.45) is 17.6 Å². The van der Waals surface area contributed by atoms with Gasteiger partial charge in [0.05, 0.1) is 23.2 Å². The number of nitrogens with two attached hydrogens (primary N) is 1. The number of nitrogens with one attached hydrogen (secondary N) is 1. The SMILES string of the molecule is Cc1c(N2CCC(C(N)CO)C2)c(F)cc2c(=O)[nH]c(=O)n(C(F)(F)C3CC3)c12. The number of halogens is 3. The Morgan fingerprint density at radius 3 is 2.66 bits per heavy atom. The molecule has 2 heterocycles. The molecule has 1 saturated carbocycles. The van der Waals surface area contributed by atoms with Crippen LogP contribution in [0.15, 0.2) is 15.7 Å². The van der Waals surface area contributed by atoms with Crippen molar-refractivity contribution in [3.05, 3.63) is 38.3 Å². The lowest BCUT2D eigenvalue weighted by molar-refractivity contribution is -0.103. The molecule has 2 aromatic rings. The van der Waals surface area contributed by atoms with Gasteiger partial charge in [-0.25, -0.2) is 13.8 Å². The fourth-order valence-corrected chi connectivity index (χ4v) is 4.31. The Balaban J connectivity index is 1.92. The first kappa shape index (κ1) is 20.0. The number of rotatable bonds is 5. The van der Waals surface area contributed by atoms with E-state index in [1.165, 1.54) is 6.92 Å². The van der Waals surface area contributed by atoms with Crippen molar-refractivity contribution < 1.29 is 18.3 Å². The number of H-pyrrole nitrogens is 1. The predicted molar refractivity (Wildman–Crippen MR) is 102 cm³/mol. The van der Waals surface area contributed by atoms with Gasteiger partial charge in [-0.05, 0) is 38.2 Å². The molecule has 29 heavy (non-hydrogen) atoms. The molecule has 158 valence electrons. The summed E-state index contributed by atoms with van der Waals surface area (Å²) in [6.07, 6.45) is 1.17. The molecule has 4 N–H and O–H groups in total. The Morgan fingerprint density at radius 2 is 2.03 bits per heavy atom. The van der Waals surface area contributed by atoms with Gasteiger partial charge in [-0.1, -0.05) is 0 Å². The number of alkyl halides is 2. The van der Waals surface area contributed by atoms with Gasteiger partial charge in [0.1, 0.15) is 5.82 Å². The molecular weight excluding hydrogens is 389 g/mol. The number of aliphatic hydroxyl groups is 1. The number of hydrogen-bond acceptors (Lipinski definition) is 5. The van der Waals surface area contributed by atoms with Crippen LogP contribution in [0.1, 0.15) is 24.8 Å². The number of benzene rings is 1. The molecule has 0 bridgehead atoms. The quantitative estimate of drug-likeness (QED) is 0.686. The molecule has 0 spiro atoms. The van der Waals surface area contributed by atoms with Gasteiger partial charge < -0.3 is 15.7 Å². The molecule has 1 saturated heterocycles. The molecule has 7 nitrogen and oxygen atoms in total. The minimum atomic E-state index is -3.48. The molecule has 2 aliphatic rings. The number of aliphatic hydroxyl groups excluding tert-OH is 1. The fourth-order valence-electron chi connectivity index (χ4n) is 4.31. The van der Waals surface area contributed by atoms with Crippen molar-refractivity contribution in [3.63, 3.8) is 0 Å². The number of aromatic amines is 1. The molecule has 1 aromatic carbocycles. The van der Waals surface area contributed by atoms with E-state index in [4.69, 9.17) is 5.73 Å². The van der Waals surface area contributed by atoms with Crippen LogP contribution in [0.5, 0.6) is 0 Å². The minimum absolute atomic E-state index is 0.0792. The first-order valence-electron chi connectivity index (χ1n) is 9.64. The zero-order valence-corrected chi connectivity index (χ0v) is 15.9. The van der Waals surface area contributed by atoms with E-state index in [1.54, 1.807) is 4.90 Å². The number of aromatic nitrogens is 2. The van der Waals surface area contributed by atoms with Gasteiger partial charge in [0.25, 0.3) is 5.56 Å². The van der Waals surface area contributed by atoms with E-state index >= 15 is 0 Å². The van der Waals surface area contributed by atoms with E-state index in [1.807, 2.05) is 4.98 Å². The highest BCUT2D eigenvalue weighted by Gasteiger charge is 2.50. The highest BCUT2D eigenvalue weighted by Crippen LogP contribution is 2.47. The second-order valence-corrected chi connectivity index (χ2v) is 8.03. The lowest BCUT2D eigenvalue weighted by Gasteiger charge is -2.26. The van der Waals surface area contributed by atoms with Crippen LogP contribution in [0.4, 0.5) is 18.9 Å². The predicted octanol–water partition coefficient (Wildman–Crippen LogP) is 1.24. The van der Waals surface area contributed by atoms with E-state index in [-0.39, 0.29) is 47.5 Å². The van der Waals surface area contributed by atoms with Crippen LogP contribution in [-0.4, -0.2) is 40.4 Å². The summed E-state index contributed by atoms with van der Waals surface area (Å²) in [5.41, 5.74) is 3.72. The van der Waals surface area contributed by atoms with Crippen LogP contribution in [0.2, 0.25) is 0 Å². The minimum Gasteiger partial charge on any atom is -0.395 e. The number of anilines is 1. The molecule has 2 atom stereocenters. The second kappa shape index (κ2) is 6.88. The van der Waals surface area contributed by atoms with E-state index < -0.39 is 35.1 Å². The zero-order valence-electron chi connectivity index (χ0n) is 15.9. The molecular formula is C19H23F3N4O3. The largest absolute Gasteiger partial charge is 0.395 e. The number of hydrogen-bond donors (Lipinski definition) is 3. The third kappa shape index (κ3) is 3.14. The van der Waals surface area contributed by atoms with Crippen LogP contribution in [0.25, 0.3) is 10.9 Å². The van der Waals surface area contributed by atoms with Crippen molar-refractivity contribution in [2.75, 3.05) is 24.6 Å². The standard InChI is InChI=1S/C19H23F3N4O3/c1-9-15-12(17(28)24-18(29)26(15)19(21,22)11-2-3-11)6-13(20)16(9)25-5-4-10(7-25)14(23)8-27/h6,10-11,14,27H,2-5,7-8,23H2,1H3,(H,24,28,29). The number of nitrogens with zero attached hydrogens (tertiary/aromatic N) is 2. The summed E-state index contributed by atoms with van der Waals surface area (Å²) in [5.74, 6) is -1.79. The highest BCUT2D eigenvalue weighted by molar-refractivity contribution is 5.87. The average molecular weight is 412 g/mol. The third-order valence-electron chi connectivity index (χ3n) is 6.08. The lowest BCUT2D eigenvalue weighted by Crippen LogP contribution is -2.41. The molecule has 0 radical (unpaired) electrons. The van der Waals surface area contributed by atoms with Gasteiger partial charge in [0.2, 0.25) is 0 Å². The van der Waals surface area contributed by atoms with Gasteiger partial charge in [-0.15, -0.1) is 0 Å². The summed E-state index contributed by atoms with van der Waals surface area (Å²) in [4.78, 5) is 28.2. The van der Waals surface area contributed by atoms with Crippen molar-refractivity contribution in [2.45, 2.75) is 38.3 Å². The molecule has 0 amide bonds. The number of aryl methyl sites for hydroxylation is 1. The van der Waals surface area contributed by atoms with E-state index in [2.05, 4.69) is 0 Å². The van der Waals surface area contributed by atoms with Crippen LogP contribution in [0.3, 0.4) is 0 Å². The molecule has 10 heteroatoms. The highest BCUT2D eigenvalue weighted by atomic mass is 19.3. The Bertz CT molecular complexity index is 1080. The van der Waals surface area contributed by atoms with Crippen LogP contribution in [0, 0.1) is 24.6 Å². The summed E-state index contributed by atoms with van der Waals surface area (Å²) >= 11 is 0. The molecule has 2 unspecified atom stereocenters. The van der Waals surface area contributed by atoms with Gasteiger partial charge >= 0.3 is 11.7 Å². The smallest absolute Gasteiger partial charge is 0.336 e. The average Bonchev–Trinajstić information content (AvgIpc) is 3.42. The number of fused-ring (bicyclic) bond motifs is 1. The van der Waals surface area contributed by atoms with Gasteiger partial charge in [-0.2, -0.15) is 8.78 Å². The van der Waals surface area contributed by atoms with Crippen LogP contribution in [-0.2, 0) is 6.05 Å². The third-order valence-corrected chi connectivity index (χ3v) is 6.08. The summed E-state index contributed by atoms with van der Waals surface area (Å²) in [6, 6.07) is -3.04. The zero-order chi connectivity index (χ0) is 21.1. The summed E-state index contributed by atoms with van der Waals surface area (Å²) < 4.78 is 45.2.